The van der Waals surface area contributed by atoms with E-state index in [2.05, 4.69) is 4.90 Å². The third kappa shape index (κ3) is 3.27. The first-order valence-electron chi connectivity index (χ1n) is 7.89. The minimum Gasteiger partial charge on any atom is -0.380 e. The molecule has 0 N–H and O–H groups in total. The van der Waals surface area contributed by atoms with Gasteiger partial charge < -0.3 is 9.64 Å². The molecule has 1 atom stereocenters. The van der Waals surface area contributed by atoms with Crippen LogP contribution in [0.15, 0.2) is 24.3 Å². The number of rotatable bonds is 3. The second-order valence-corrected chi connectivity index (χ2v) is 6.07. The largest absolute Gasteiger partial charge is 0.380 e. The summed E-state index contributed by atoms with van der Waals surface area (Å²) in [6, 6.07) is 8.39. The Hall–Kier alpha value is -1.39. The molecule has 0 radical (unpaired) electrons. The number of nitrogens with zero attached hydrogens (tertiary/aromatic N) is 2. The Morgan fingerprint density at radius 1 is 1.19 bits per heavy atom. The third-order valence-electron chi connectivity index (χ3n) is 4.60. The average Bonchev–Trinajstić information content (AvgIpc) is 2.85. The second-order valence-electron chi connectivity index (χ2n) is 6.07. The summed E-state index contributed by atoms with van der Waals surface area (Å²) < 4.78 is 5.11. The highest BCUT2D eigenvalue weighted by molar-refractivity contribution is 5.94. The van der Waals surface area contributed by atoms with Crippen LogP contribution in [0.3, 0.4) is 0 Å². The number of methoxy groups -OCH3 is 1. The van der Waals surface area contributed by atoms with Crippen LogP contribution < -0.4 is 0 Å². The van der Waals surface area contributed by atoms with Crippen molar-refractivity contribution in [3.8, 4) is 0 Å². The van der Waals surface area contributed by atoms with Crippen molar-refractivity contribution >= 4 is 5.91 Å². The van der Waals surface area contributed by atoms with E-state index in [0.717, 1.165) is 37.2 Å². The number of benzene rings is 1. The molecule has 4 heteroatoms. The minimum atomic E-state index is 0.174. The van der Waals surface area contributed by atoms with Crippen LogP contribution in [0.5, 0.6) is 0 Å². The first-order valence-corrected chi connectivity index (χ1v) is 7.89. The number of hydrogen-bond acceptors (Lipinski definition) is 3. The quantitative estimate of drug-likeness (QED) is 0.854. The summed E-state index contributed by atoms with van der Waals surface area (Å²) in [4.78, 5) is 17.3. The van der Waals surface area contributed by atoms with Gasteiger partial charge in [-0.3, -0.25) is 9.69 Å². The lowest BCUT2D eigenvalue weighted by molar-refractivity contribution is 0.0743. The third-order valence-corrected chi connectivity index (χ3v) is 4.60. The Morgan fingerprint density at radius 3 is 2.71 bits per heavy atom. The van der Waals surface area contributed by atoms with Gasteiger partial charge in [-0.1, -0.05) is 12.1 Å². The zero-order chi connectivity index (χ0) is 14.7. The molecule has 0 bridgehead atoms. The van der Waals surface area contributed by atoms with Gasteiger partial charge in [-0.05, 0) is 43.5 Å². The summed E-state index contributed by atoms with van der Waals surface area (Å²) in [6.07, 6.45) is 3.60. The van der Waals surface area contributed by atoms with Gasteiger partial charge in [0.2, 0.25) is 0 Å². The molecule has 2 aliphatic heterocycles. The van der Waals surface area contributed by atoms with Crippen molar-refractivity contribution in [2.24, 2.45) is 0 Å². The number of ether oxygens (including phenoxy) is 1. The van der Waals surface area contributed by atoms with E-state index in [0.29, 0.717) is 12.6 Å². The van der Waals surface area contributed by atoms with Crippen molar-refractivity contribution in [1.29, 1.82) is 0 Å². The Morgan fingerprint density at radius 2 is 1.95 bits per heavy atom. The molecule has 2 heterocycles. The molecule has 2 aliphatic rings. The first kappa shape index (κ1) is 14.5. The van der Waals surface area contributed by atoms with Crippen LogP contribution in [0, 0.1) is 0 Å². The van der Waals surface area contributed by atoms with Crippen molar-refractivity contribution in [2.75, 3.05) is 33.3 Å². The van der Waals surface area contributed by atoms with Crippen LogP contribution in [0.25, 0.3) is 0 Å². The van der Waals surface area contributed by atoms with Crippen molar-refractivity contribution in [1.82, 2.24) is 9.80 Å². The van der Waals surface area contributed by atoms with E-state index in [1.54, 1.807) is 7.11 Å². The first-order chi connectivity index (χ1) is 10.3. The van der Waals surface area contributed by atoms with Crippen molar-refractivity contribution in [3.05, 3.63) is 35.4 Å². The van der Waals surface area contributed by atoms with Gasteiger partial charge in [-0.2, -0.15) is 0 Å². The van der Waals surface area contributed by atoms with Crippen LogP contribution in [-0.2, 0) is 11.3 Å². The molecule has 1 aromatic rings. The van der Waals surface area contributed by atoms with Gasteiger partial charge in [0.15, 0.2) is 0 Å². The Kier molecular flexibility index (Phi) is 4.56. The Balaban J connectivity index is 1.68. The fraction of sp³-hybridized carbons (Fsp3) is 0.588. The van der Waals surface area contributed by atoms with Crippen LogP contribution in [0.1, 0.15) is 35.2 Å². The smallest absolute Gasteiger partial charge is 0.253 e. The molecule has 4 nitrogen and oxygen atoms in total. The molecular formula is C17H24N2O2. The fourth-order valence-corrected chi connectivity index (χ4v) is 3.48. The predicted molar refractivity (Wildman–Crippen MR) is 82.3 cm³/mol. The standard InChI is InChI=1S/C17H24N2O2/c1-21-13-14-5-7-15(8-6-14)17(20)19-11-3-10-18-9-2-4-16(18)12-19/h5-8,16H,2-4,9-13H2,1H3. The normalized spacial score (nSPS) is 22.9. The fourth-order valence-electron chi connectivity index (χ4n) is 3.48. The number of carbonyl (C=O) groups is 1. The highest BCUT2D eigenvalue weighted by Crippen LogP contribution is 2.22. The highest BCUT2D eigenvalue weighted by Gasteiger charge is 2.30. The minimum absolute atomic E-state index is 0.174. The molecule has 3 rings (SSSR count). The molecule has 21 heavy (non-hydrogen) atoms. The second kappa shape index (κ2) is 6.58. The van der Waals surface area contributed by atoms with E-state index in [9.17, 15) is 4.79 Å². The molecule has 0 saturated carbocycles. The molecule has 1 amide bonds. The molecule has 114 valence electrons. The molecule has 1 unspecified atom stereocenters. The summed E-state index contributed by atoms with van der Waals surface area (Å²) in [5, 5.41) is 0. The SMILES string of the molecule is COCc1ccc(C(=O)N2CCCN3CCCC3C2)cc1. The van der Waals surface area contributed by atoms with Crippen molar-refractivity contribution in [2.45, 2.75) is 31.9 Å². The molecule has 0 aromatic heterocycles. The van der Waals surface area contributed by atoms with E-state index < -0.39 is 0 Å². The molecule has 2 fully saturated rings. The number of carbonyl (C=O) groups excluding carboxylic acids is 1. The van der Waals surface area contributed by atoms with Gasteiger partial charge >= 0.3 is 0 Å². The molecule has 1 aromatic carbocycles. The van der Waals surface area contributed by atoms with E-state index in [1.165, 1.54) is 19.4 Å². The lowest BCUT2D eigenvalue weighted by atomic mass is 10.1. The van der Waals surface area contributed by atoms with Gasteiger partial charge in [-0.15, -0.1) is 0 Å². The molecule has 0 aliphatic carbocycles. The predicted octanol–water partition coefficient (Wildman–Crippen LogP) is 2.14. The zero-order valence-electron chi connectivity index (χ0n) is 12.8. The van der Waals surface area contributed by atoms with Gasteiger partial charge in [0, 0.05) is 38.3 Å². The van der Waals surface area contributed by atoms with Crippen molar-refractivity contribution in [3.63, 3.8) is 0 Å². The number of hydrogen-bond donors (Lipinski definition) is 0. The maximum Gasteiger partial charge on any atom is 0.253 e. The van der Waals surface area contributed by atoms with Crippen LogP contribution in [0.2, 0.25) is 0 Å². The van der Waals surface area contributed by atoms with Crippen LogP contribution in [-0.4, -0.2) is 55.0 Å². The average molecular weight is 288 g/mol. The van der Waals surface area contributed by atoms with Gasteiger partial charge in [0.25, 0.3) is 5.91 Å². The van der Waals surface area contributed by atoms with E-state index in [4.69, 9.17) is 4.74 Å². The van der Waals surface area contributed by atoms with Gasteiger partial charge in [0.05, 0.1) is 6.61 Å². The summed E-state index contributed by atoms with van der Waals surface area (Å²) in [5.74, 6) is 0.174. The van der Waals surface area contributed by atoms with Gasteiger partial charge in [0.1, 0.15) is 0 Å². The Labute approximate surface area is 126 Å². The maximum absolute atomic E-state index is 12.7. The maximum atomic E-state index is 12.7. The van der Waals surface area contributed by atoms with Crippen LogP contribution in [0.4, 0.5) is 0 Å². The zero-order valence-corrected chi connectivity index (χ0v) is 12.8. The van der Waals surface area contributed by atoms with Crippen LogP contribution >= 0.6 is 0 Å². The van der Waals surface area contributed by atoms with Crippen molar-refractivity contribution < 1.29 is 9.53 Å². The van der Waals surface area contributed by atoms with Gasteiger partial charge in [-0.25, -0.2) is 0 Å². The summed E-state index contributed by atoms with van der Waals surface area (Å²) >= 11 is 0. The summed E-state index contributed by atoms with van der Waals surface area (Å²) in [5.41, 5.74) is 1.90. The molecule has 0 spiro atoms. The molecular weight excluding hydrogens is 264 g/mol. The summed E-state index contributed by atoms with van der Waals surface area (Å²) in [7, 11) is 1.68. The highest BCUT2D eigenvalue weighted by atomic mass is 16.5. The Bertz CT molecular complexity index is 486. The molecule has 2 saturated heterocycles. The lowest BCUT2D eigenvalue weighted by Gasteiger charge is -2.25. The number of amides is 1. The monoisotopic (exact) mass is 288 g/mol. The number of fused-ring (bicyclic) bond motifs is 1. The van der Waals surface area contributed by atoms with E-state index in [1.807, 2.05) is 29.2 Å². The van der Waals surface area contributed by atoms with E-state index in [-0.39, 0.29) is 5.91 Å². The lowest BCUT2D eigenvalue weighted by Crippen LogP contribution is -2.39. The van der Waals surface area contributed by atoms with E-state index >= 15 is 0 Å². The summed E-state index contributed by atoms with van der Waals surface area (Å²) in [6.45, 7) is 4.71. The topological polar surface area (TPSA) is 32.8 Å².